The zero-order valence-corrected chi connectivity index (χ0v) is 6.96. The number of hydrogen-bond donors (Lipinski definition) is 5. The van der Waals surface area contributed by atoms with Crippen molar-refractivity contribution in [3.05, 3.63) is 0 Å². The van der Waals surface area contributed by atoms with Gasteiger partial charge in [-0.3, -0.25) is 4.55 Å². The van der Waals surface area contributed by atoms with E-state index < -0.39 is 18.2 Å². The predicted octanol–water partition coefficient (Wildman–Crippen LogP) is -1.43. The molecule has 0 radical (unpaired) electrons. The molecule has 74 valence electrons. The van der Waals surface area contributed by atoms with Crippen molar-refractivity contribution in [3.8, 4) is 0 Å². The molecular formula is H10KN2O7PS. The molecule has 0 aliphatic rings. The third-order valence-electron chi connectivity index (χ3n) is 0.191. The van der Waals surface area contributed by atoms with Crippen molar-refractivity contribution in [2.24, 2.45) is 0 Å². The van der Waals surface area contributed by atoms with Crippen LogP contribution in [0.1, 0.15) is 0 Å². The fraction of sp³-hybridized carbons (Fsp3) is 0. The zero-order valence-electron chi connectivity index (χ0n) is 5.24. The quantitative estimate of drug-likeness (QED) is 0.222. The molecule has 0 bridgehead atoms. The second kappa shape index (κ2) is 7.93. The summed E-state index contributed by atoms with van der Waals surface area (Å²) in [5.41, 5.74) is 0. The Hall–Kier alpha value is 1.58. The van der Waals surface area contributed by atoms with Crippen molar-refractivity contribution in [1.82, 2.24) is 12.3 Å². The minimum absolute atomic E-state index is 0. The molecule has 0 saturated carbocycles. The van der Waals surface area contributed by atoms with Gasteiger partial charge in [-0.05, 0) is 0 Å². The Labute approximate surface area is 112 Å². The molecule has 0 amide bonds. The second-order valence-electron chi connectivity index (χ2n) is 0.993. The molecule has 0 aromatic heterocycles. The molecule has 9 N–H and O–H groups in total. The zero-order chi connectivity index (χ0) is 7.71. The fourth-order valence-corrected chi connectivity index (χ4v) is 1.10. The Bertz CT molecular complexity index is 228. The summed E-state index contributed by atoms with van der Waals surface area (Å²) in [4.78, 5) is 15.4. The number of hydrogen-bond acceptors (Lipinski definition) is 6. The maximum atomic E-state index is 9.58. The Morgan fingerprint density at radius 1 is 1.17 bits per heavy atom. The first-order valence-corrected chi connectivity index (χ1v) is 4.34. The van der Waals surface area contributed by atoms with Gasteiger partial charge in [0.25, 0.3) is 0 Å². The van der Waals surface area contributed by atoms with Crippen LogP contribution in [0.4, 0.5) is 0 Å². The summed E-state index contributed by atoms with van der Waals surface area (Å²) in [5.74, 6) is 0. The minimum atomic E-state index is -5.13. The van der Waals surface area contributed by atoms with Crippen LogP contribution in [0.25, 0.3) is 0 Å². The third kappa shape index (κ3) is 22.6. The standard InChI is InChI=1S/K.2H3N.H3O7PS.H/c;;;1-8(2,3)7-9(4,5)6;/h;2*1H3;(H2,1,2,3)(H,4,5,6);. The molecule has 12 heavy (non-hydrogen) atoms. The van der Waals surface area contributed by atoms with E-state index in [1.165, 1.54) is 0 Å². The van der Waals surface area contributed by atoms with E-state index in [4.69, 9.17) is 14.3 Å². The summed E-state index contributed by atoms with van der Waals surface area (Å²) in [5, 5.41) is 0. The van der Waals surface area contributed by atoms with Crippen molar-refractivity contribution in [2.45, 2.75) is 0 Å². The molecular weight excluding hydrogens is 242 g/mol. The number of rotatable bonds is 2. The first-order chi connectivity index (χ1) is 3.71. The first-order valence-electron chi connectivity index (χ1n) is 1.45. The van der Waals surface area contributed by atoms with Crippen LogP contribution in [0.15, 0.2) is 0 Å². The molecule has 0 fully saturated rings. The van der Waals surface area contributed by atoms with Gasteiger partial charge >= 0.3 is 69.6 Å². The molecule has 0 spiro atoms. The van der Waals surface area contributed by atoms with Gasteiger partial charge in [0.1, 0.15) is 0 Å². The SMILES string of the molecule is N.N.O=P(O)(O)OS(=O)(=O)O.[KH]. The summed E-state index contributed by atoms with van der Waals surface area (Å²) >= 11 is 0. The van der Waals surface area contributed by atoms with Gasteiger partial charge in [0.15, 0.2) is 0 Å². The maximum absolute atomic E-state index is 9.58. The van der Waals surface area contributed by atoms with E-state index in [9.17, 15) is 13.0 Å². The van der Waals surface area contributed by atoms with Crippen molar-refractivity contribution in [1.29, 1.82) is 0 Å². The molecule has 0 aromatic rings. The van der Waals surface area contributed by atoms with E-state index in [1.807, 2.05) is 0 Å². The second-order valence-corrected chi connectivity index (χ2v) is 3.43. The molecule has 0 unspecified atom stereocenters. The van der Waals surface area contributed by atoms with Crippen LogP contribution < -0.4 is 12.3 Å². The summed E-state index contributed by atoms with van der Waals surface area (Å²) in [6, 6.07) is 0. The van der Waals surface area contributed by atoms with Crippen molar-refractivity contribution < 1.29 is 31.3 Å². The van der Waals surface area contributed by atoms with E-state index in [-0.39, 0.29) is 63.7 Å². The molecule has 0 aromatic carbocycles. The normalized spacial score (nSPS) is 10.2. The Kier molecular flexibility index (Phi) is 15.5. The monoisotopic (exact) mass is 252 g/mol. The van der Waals surface area contributed by atoms with Crippen LogP contribution >= 0.6 is 7.82 Å². The number of phosphoric acid groups is 1. The van der Waals surface area contributed by atoms with Gasteiger partial charge in [0, 0.05) is 0 Å². The molecule has 9 nitrogen and oxygen atoms in total. The van der Waals surface area contributed by atoms with Gasteiger partial charge in [-0.25, -0.2) is 4.57 Å². The predicted molar refractivity (Wildman–Crippen MR) is 41.9 cm³/mol. The Morgan fingerprint density at radius 2 is 1.42 bits per heavy atom. The topological polar surface area (TPSA) is 191 Å². The summed E-state index contributed by atoms with van der Waals surface area (Å²) in [6.45, 7) is 0. The molecule has 0 saturated heterocycles. The Morgan fingerprint density at radius 3 is 1.42 bits per heavy atom. The van der Waals surface area contributed by atoms with Crippen molar-refractivity contribution in [3.63, 3.8) is 0 Å². The van der Waals surface area contributed by atoms with Crippen LogP contribution in [0.5, 0.6) is 0 Å². The van der Waals surface area contributed by atoms with Gasteiger partial charge in [0.05, 0.1) is 0 Å². The van der Waals surface area contributed by atoms with Gasteiger partial charge in [0.2, 0.25) is 0 Å². The summed E-state index contributed by atoms with van der Waals surface area (Å²) in [6.07, 6.45) is 0. The van der Waals surface area contributed by atoms with E-state index >= 15 is 0 Å². The molecule has 12 heteroatoms. The van der Waals surface area contributed by atoms with Crippen LogP contribution in [0, 0.1) is 0 Å². The van der Waals surface area contributed by atoms with Crippen LogP contribution in [0.3, 0.4) is 0 Å². The van der Waals surface area contributed by atoms with E-state index in [0.29, 0.717) is 0 Å². The van der Waals surface area contributed by atoms with Crippen molar-refractivity contribution >= 4 is 69.6 Å². The van der Waals surface area contributed by atoms with E-state index in [1.54, 1.807) is 0 Å². The molecule has 0 heterocycles. The van der Waals surface area contributed by atoms with E-state index in [0.717, 1.165) is 0 Å². The van der Waals surface area contributed by atoms with Crippen LogP contribution in [-0.2, 0) is 18.9 Å². The Balaban J connectivity index is -0.000000107. The van der Waals surface area contributed by atoms with Gasteiger partial charge in [-0.15, -0.1) is 3.97 Å². The average molecular weight is 252 g/mol. The first kappa shape index (κ1) is 23.4. The molecule has 0 aliphatic carbocycles. The fourth-order valence-electron chi connectivity index (χ4n) is 0.123. The average Bonchev–Trinajstić information content (AvgIpc) is 1.14. The van der Waals surface area contributed by atoms with Gasteiger partial charge in [-0.2, -0.15) is 8.42 Å². The molecule has 0 atom stereocenters. The van der Waals surface area contributed by atoms with Crippen LogP contribution in [-0.4, -0.2) is 74.1 Å². The molecule has 0 aliphatic heterocycles. The molecule has 0 rings (SSSR count). The van der Waals surface area contributed by atoms with Gasteiger partial charge < -0.3 is 22.1 Å². The van der Waals surface area contributed by atoms with Crippen molar-refractivity contribution in [2.75, 3.05) is 0 Å². The summed E-state index contributed by atoms with van der Waals surface area (Å²) < 4.78 is 39.0. The summed E-state index contributed by atoms with van der Waals surface area (Å²) in [7, 11) is -10.2. The van der Waals surface area contributed by atoms with E-state index in [2.05, 4.69) is 3.97 Å². The third-order valence-corrected chi connectivity index (χ3v) is 1.72. The van der Waals surface area contributed by atoms with Gasteiger partial charge in [-0.1, -0.05) is 0 Å². The van der Waals surface area contributed by atoms with Crippen LogP contribution in [0.2, 0.25) is 0 Å².